The molecule has 0 saturated heterocycles. The Morgan fingerprint density at radius 3 is 2.64 bits per heavy atom. The molecule has 2 saturated carbocycles. The second kappa shape index (κ2) is 6.17. The first-order valence-corrected chi connectivity index (χ1v) is 10.1. The number of rotatable bonds is 3. The van der Waals surface area contributed by atoms with E-state index < -0.39 is 0 Å². The molecule has 0 radical (unpaired) electrons. The first-order chi connectivity index (χ1) is 11.9. The monoisotopic (exact) mass is 347 g/mol. The maximum Gasteiger partial charge on any atom is 0.0611 e. The van der Waals surface area contributed by atoms with Gasteiger partial charge in [0.1, 0.15) is 0 Å². The highest BCUT2D eigenvalue weighted by Gasteiger charge is 2.57. The molecule has 0 aromatic rings. The van der Waals surface area contributed by atoms with Crippen LogP contribution in [0.15, 0.2) is 16.1 Å². The van der Waals surface area contributed by atoms with E-state index in [0.29, 0.717) is 18.3 Å². The minimum Gasteiger partial charge on any atom is -0.396 e. The lowest BCUT2D eigenvalue weighted by Crippen LogP contribution is -2.52. The molecule has 1 aliphatic heterocycles. The molecule has 4 rings (SSSR count). The van der Waals surface area contributed by atoms with Crippen molar-refractivity contribution in [3.05, 3.63) is 11.1 Å². The molecular weight excluding hydrogens is 314 g/mol. The highest BCUT2D eigenvalue weighted by molar-refractivity contribution is 5.84. The SMILES string of the molecule is C[C@]1([C@H]2CC[C@]3(C)C4=C(C=NC4)C[C@H]3[C@@H]2CO)CC[C@H](O)C[C@@H]1CO. The minimum atomic E-state index is -0.278. The number of nitrogens with zero attached hydrogens (tertiary/aromatic N) is 1. The summed E-state index contributed by atoms with van der Waals surface area (Å²) in [6, 6.07) is 0. The standard InChI is InChI=1S/C21H33NO3/c1-20(5-3-15(25)8-14(20)11-23)17-4-6-21(2)18(16(17)12-24)7-13-9-22-10-19(13)21/h9,14-18,23-25H,3-8,10-12H2,1-2H3/t14-,15+,16-,17+,18+,20+,21+/m1/s1. The van der Waals surface area contributed by atoms with E-state index in [1.807, 2.05) is 0 Å². The Balaban J connectivity index is 1.63. The highest BCUT2D eigenvalue weighted by atomic mass is 16.3. The van der Waals surface area contributed by atoms with Gasteiger partial charge in [0.2, 0.25) is 0 Å². The molecule has 140 valence electrons. The van der Waals surface area contributed by atoms with Crippen LogP contribution in [0, 0.1) is 34.5 Å². The van der Waals surface area contributed by atoms with Crippen LogP contribution in [0.5, 0.6) is 0 Å². The smallest absolute Gasteiger partial charge is 0.0611 e. The largest absolute Gasteiger partial charge is 0.396 e. The minimum absolute atomic E-state index is 0.0177. The van der Waals surface area contributed by atoms with Gasteiger partial charge in [-0.1, -0.05) is 13.8 Å². The number of hydrogen-bond acceptors (Lipinski definition) is 4. The predicted molar refractivity (Wildman–Crippen MR) is 98.4 cm³/mol. The summed E-state index contributed by atoms with van der Waals surface area (Å²) in [5.41, 5.74) is 3.16. The summed E-state index contributed by atoms with van der Waals surface area (Å²) in [5.74, 6) is 1.35. The van der Waals surface area contributed by atoms with E-state index in [-0.39, 0.29) is 42.0 Å². The van der Waals surface area contributed by atoms with Gasteiger partial charge in [0.15, 0.2) is 0 Å². The first kappa shape index (κ1) is 17.7. The zero-order valence-corrected chi connectivity index (χ0v) is 15.6. The average Bonchev–Trinajstić information content (AvgIpc) is 3.17. The van der Waals surface area contributed by atoms with E-state index in [0.717, 1.165) is 38.6 Å². The van der Waals surface area contributed by atoms with E-state index in [1.54, 1.807) is 0 Å². The average molecular weight is 347 g/mol. The van der Waals surface area contributed by atoms with Crippen LogP contribution < -0.4 is 0 Å². The lowest BCUT2D eigenvalue weighted by molar-refractivity contribution is -0.106. The molecule has 0 unspecified atom stereocenters. The van der Waals surface area contributed by atoms with Crippen LogP contribution in [0.3, 0.4) is 0 Å². The lowest BCUT2D eigenvalue weighted by Gasteiger charge is -2.56. The van der Waals surface area contributed by atoms with Crippen molar-refractivity contribution in [2.24, 2.45) is 39.5 Å². The Morgan fingerprint density at radius 2 is 1.92 bits per heavy atom. The van der Waals surface area contributed by atoms with Crippen molar-refractivity contribution in [1.29, 1.82) is 0 Å². The van der Waals surface area contributed by atoms with E-state index in [9.17, 15) is 15.3 Å². The van der Waals surface area contributed by atoms with Gasteiger partial charge in [-0.25, -0.2) is 0 Å². The number of aliphatic hydroxyl groups excluding tert-OH is 3. The van der Waals surface area contributed by atoms with E-state index >= 15 is 0 Å². The third kappa shape index (κ3) is 2.48. The van der Waals surface area contributed by atoms with E-state index in [1.165, 1.54) is 11.1 Å². The molecule has 2 fully saturated rings. The molecule has 1 heterocycles. The second-order valence-corrected chi connectivity index (χ2v) is 9.51. The Morgan fingerprint density at radius 1 is 1.12 bits per heavy atom. The molecule has 4 aliphatic rings. The summed E-state index contributed by atoms with van der Waals surface area (Å²) in [6.45, 7) is 5.94. The summed E-state index contributed by atoms with van der Waals surface area (Å²) >= 11 is 0. The van der Waals surface area contributed by atoms with Crippen molar-refractivity contribution in [1.82, 2.24) is 0 Å². The van der Waals surface area contributed by atoms with Crippen molar-refractivity contribution < 1.29 is 15.3 Å². The zero-order chi connectivity index (χ0) is 17.8. The molecule has 0 aromatic carbocycles. The van der Waals surface area contributed by atoms with Crippen LogP contribution in [-0.4, -0.2) is 47.4 Å². The van der Waals surface area contributed by atoms with Crippen molar-refractivity contribution in [2.75, 3.05) is 19.8 Å². The Bertz CT molecular complexity index is 600. The van der Waals surface area contributed by atoms with Crippen molar-refractivity contribution in [2.45, 2.75) is 58.5 Å². The summed E-state index contributed by atoms with van der Waals surface area (Å²) < 4.78 is 0. The molecule has 0 amide bonds. The summed E-state index contributed by atoms with van der Waals surface area (Å²) in [4.78, 5) is 4.49. The highest BCUT2D eigenvalue weighted by Crippen LogP contribution is 2.63. The topological polar surface area (TPSA) is 73.1 Å². The van der Waals surface area contributed by atoms with Crippen molar-refractivity contribution in [3.8, 4) is 0 Å². The second-order valence-electron chi connectivity index (χ2n) is 9.51. The normalized spacial score (nSPS) is 49.4. The molecule has 4 heteroatoms. The van der Waals surface area contributed by atoms with Crippen molar-refractivity contribution in [3.63, 3.8) is 0 Å². The molecule has 3 aliphatic carbocycles. The van der Waals surface area contributed by atoms with Crippen LogP contribution in [0.2, 0.25) is 0 Å². The van der Waals surface area contributed by atoms with Crippen LogP contribution in [0.1, 0.15) is 52.4 Å². The molecule has 25 heavy (non-hydrogen) atoms. The quantitative estimate of drug-likeness (QED) is 0.735. The molecule has 0 spiro atoms. The number of aliphatic imine (C=N–C) groups is 1. The van der Waals surface area contributed by atoms with Gasteiger partial charge in [-0.05, 0) is 84.2 Å². The van der Waals surface area contributed by atoms with Gasteiger partial charge in [-0.3, -0.25) is 4.99 Å². The zero-order valence-electron chi connectivity index (χ0n) is 15.6. The van der Waals surface area contributed by atoms with Gasteiger partial charge < -0.3 is 15.3 Å². The fourth-order valence-corrected chi connectivity index (χ4v) is 6.99. The van der Waals surface area contributed by atoms with Gasteiger partial charge in [0.25, 0.3) is 0 Å². The third-order valence-corrected chi connectivity index (χ3v) is 8.62. The van der Waals surface area contributed by atoms with Crippen LogP contribution in [-0.2, 0) is 0 Å². The summed E-state index contributed by atoms with van der Waals surface area (Å²) in [5, 5.41) is 30.5. The van der Waals surface area contributed by atoms with Gasteiger partial charge in [0, 0.05) is 19.4 Å². The van der Waals surface area contributed by atoms with Gasteiger partial charge in [0.05, 0.1) is 12.6 Å². The number of fused-ring (bicyclic) bond motifs is 2. The van der Waals surface area contributed by atoms with Crippen LogP contribution in [0.25, 0.3) is 0 Å². The third-order valence-electron chi connectivity index (χ3n) is 8.62. The van der Waals surface area contributed by atoms with Crippen LogP contribution >= 0.6 is 0 Å². The maximum atomic E-state index is 10.4. The Labute approximate surface area is 151 Å². The van der Waals surface area contributed by atoms with Crippen LogP contribution in [0.4, 0.5) is 0 Å². The van der Waals surface area contributed by atoms with Gasteiger partial charge in [-0.15, -0.1) is 0 Å². The molecular formula is C21H33NO3. The summed E-state index contributed by atoms with van der Waals surface area (Å²) in [6.07, 6.45) is 7.60. The summed E-state index contributed by atoms with van der Waals surface area (Å²) in [7, 11) is 0. The van der Waals surface area contributed by atoms with Crippen molar-refractivity contribution >= 4 is 6.21 Å². The number of allylic oxidation sites excluding steroid dienone is 1. The Kier molecular flexibility index (Phi) is 4.37. The molecule has 0 aromatic heterocycles. The van der Waals surface area contributed by atoms with Gasteiger partial charge in [-0.2, -0.15) is 0 Å². The van der Waals surface area contributed by atoms with E-state index in [4.69, 9.17) is 0 Å². The molecule has 3 N–H and O–H groups in total. The lowest BCUT2D eigenvalue weighted by atomic mass is 9.49. The number of hydrogen-bond donors (Lipinski definition) is 3. The number of aliphatic hydroxyl groups is 3. The maximum absolute atomic E-state index is 10.4. The molecule has 4 nitrogen and oxygen atoms in total. The molecule has 0 bridgehead atoms. The first-order valence-electron chi connectivity index (χ1n) is 10.1. The molecule has 7 atom stereocenters. The van der Waals surface area contributed by atoms with E-state index in [2.05, 4.69) is 25.1 Å². The predicted octanol–water partition coefficient (Wildman–Crippen LogP) is 2.57. The fourth-order valence-electron chi connectivity index (χ4n) is 6.99. The fraction of sp³-hybridized carbons (Fsp3) is 0.857. The Hall–Kier alpha value is -0.710. The van der Waals surface area contributed by atoms with Gasteiger partial charge >= 0.3 is 0 Å².